The number of hydrogen-bond donors (Lipinski definition) is 0. The molecule has 0 aromatic carbocycles. The van der Waals surface area contributed by atoms with E-state index >= 15 is 0 Å². The molecule has 0 N–H and O–H groups in total. The maximum Gasteiger partial charge on any atom is 0.252 e. The van der Waals surface area contributed by atoms with Crippen molar-refractivity contribution in [3.8, 4) is 5.69 Å². The zero-order valence-corrected chi connectivity index (χ0v) is 8.14. The summed E-state index contributed by atoms with van der Waals surface area (Å²) in [4.78, 5) is 11.4. The van der Waals surface area contributed by atoms with Gasteiger partial charge in [0.1, 0.15) is 0 Å². The van der Waals surface area contributed by atoms with E-state index in [0.717, 1.165) is 11.4 Å². The summed E-state index contributed by atoms with van der Waals surface area (Å²) in [5.74, 6) is 0. The average molecular weight is 189 g/mol. The predicted octanol–water partition coefficient (Wildman–Crippen LogP) is 0.879. The van der Waals surface area contributed by atoms with Gasteiger partial charge in [-0.15, -0.1) is 0 Å². The van der Waals surface area contributed by atoms with Gasteiger partial charge in [-0.25, -0.2) is 4.68 Å². The van der Waals surface area contributed by atoms with E-state index in [4.69, 9.17) is 0 Å². The Hall–Kier alpha value is -1.84. The van der Waals surface area contributed by atoms with Crippen LogP contribution in [0.3, 0.4) is 0 Å². The number of pyridine rings is 1. The minimum Gasteiger partial charge on any atom is -0.318 e. The molecule has 2 aromatic rings. The van der Waals surface area contributed by atoms with Crippen molar-refractivity contribution in [3.05, 3.63) is 46.6 Å². The van der Waals surface area contributed by atoms with Gasteiger partial charge in [0.05, 0.1) is 5.69 Å². The maximum atomic E-state index is 11.4. The summed E-state index contributed by atoms with van der Waals surface area (Å²) < 4.78 is 3.27. The minimum absolute atomic E-state index is 0.0302. The van der Waals surface area contributed by atoms with E-state index in [1.54, 1.807) is 30.2 Å². The molecule has 0 aliphatic heterocycles. The molecule has 0 aliphatic carbocycles. The molecule has 14 heavy (non-hydrogen) atoms. The van der Waals surface area contributed by atoms with Gasteiger partial charge < -0.3 is 4.57 Å². The van der Waals surface area contributed by atoms with Gasteiger partial charge in [0, 0.05) is 31.2 Å². The Bertz CT molecular complexity index is 510. The fourth-order valence-corrected chi connectivity index (χ4v) is 1.31. The van der Waals surface area contributed by atoms with Gasteiger partial charge in [0.2, 0.25) is 0 Å². The highest BCUT2D eigenvalue weighted by atomic mass is 16.1. The molecule has 2 rings (SSSR count). The van der Waals surface area contributed by atoms with Gasteiger partial charge in [-0.1, -0.05) is 0 Å². The summed E-state index contributed by atoms with van der Waals surface area (Å²) >= 11 is 0. The van der Waals surface area contributed by atoms with Gasteiger partial charge in [-0.05, 0) is 19.1 Å². The molecule has 72 valence electrons. The first-order chi connectivity index (χ1) is 6.68. The molecule has 0 saturated heterocycles. The van der Waals surface area contributed by atoms with Crippen molar-refractivity contribution in [2.75, 3.05) is 0 Å². The Labute approximate surface area is 81.4 Å². The number of rotatable bonds is 1. The van der Waals surface area contributed by atoms with Crippen LogP contribution in [0.25, 0.3) is 5.69 Å². The Morgan fingerprint density at radius 1 is 1.36 bits per heavy atom. The van der Waals surface area contributed by atoms with E-state index in [-0.39, 0.29) is 5.56 Å². The second kappa shape index (κ2) is 3.14. The van der Waals surface area contributed by atoms with Crippen LogP contribution < -0.4 is 5.56 Å². The van der Waals surface area contributed by atoms with E-state index in [1.807, 2.05) is 19.1 Å². The van der Waals surface area contributed by atoms with Crippen LogP contribution in [0.5, 0.6) is 0 Å². The van der Waals surface area contributed by atoms with Gasteiger partial charge in [-0.2, -0.15) is 5.10 Å². The van der Waals surface area contributed by atoms with Crippen molar-refractivity contribution in [2.45, 2.75) is 6.92 Å². The maximum absolute atomic E-state index is 11.4. The lowest BCUT2D eigenvalue weighted by Gasteiger charge is -2.04. The fourth-order valence-electron chi connectivity index (χ4n) is 1.31. The fraction of sp³-hybridized carbons (Fsp3) is 0.200. The second-order valence-electron chi connectivity index (χ2n) is 3.22. The Balaban J connectivity index is 2.59. The van der Waals surface area contributed by atoms with Crippen molar-refractivity contribution in [2.24, 2.45) is 7.05 Å². The zero-order valence-electron chi connectivity index (χ0n) is 8.14. The van der Waals surface area contributed by atoms with Crippen LogP contribution in [0.4, 0.5) is 0 Å². The summed E-state index contributed by atoms with van der Waals surface area (Å²) in [6.45, 7) is 1.95. The molecule has 0 fully saturated rings. The van der Waals surface area contributed by atoms with Crippen molar-refractivity contribution < 1.29 is 0 Å². The van der Waals surface area contributed by atoms with Crippen molar-refractivity contribution in [1.29, 1.82) is 0 Å². The lowest BCUT2D eigenvalue weighted by atomic mass is 10.4. The third kappa shape index (κ3) is 1.35. The summed E-state index contributed by atoms with van der Waals surface area (Å²) in [6, 6.07) is 5.33. The second-order valence-corrected chi connectivity index (χ2v) is 3.22. The molecule has 0 amide bonds. The van der Waals surface area contributed by atoms with Gasteiger partial charge in [-0.3, -0.25) is 4.79 Å². The Morgan fingerprint density at radius 2 is 2.14 bits per heavy atom. The monoisotopic (exact) mass is 189 g/mol. The van der Waals surface area contributed by atoms with E-state index < -0.39 is 0 Å². The molecule has 0 saturated carbocycles. The SMILES string of the molecule is Cc1ccnn1-c1ccn(C)c(=O)c1. The van der Waals surface area contributed by atoms with Crippen LogP contribution in [-0.4, -0.2) is 14.3 Å². The van der Waals surface area contributed by atoms with Gasteiger partial charge in [0.25, 0.3) is 5.56 Å². The molecule has 4 heteroatoms. The molecule has 0 bridgehead atoms. The molecule has 4 nitrogen and oxygen atoms in total. The highest BCUT2D eigenvalue weighted by molar-refractivity contribution is 5.29. The number of hydrogen-bond acceptors (Lipinski definition) is 2. The number of aromatic nitrogens is 3. The van der Waals surface area contributed by atoms with Crippen molar-refractivity contribution >= 4 is 0 Å². The molecule has 0 atom stereocenters. The molecule has 2 heterocycles. The third-order valence-electron chi connectivity index (χ3n) is 2.16. The lowest BCUT2D eigenvalue weighted by molar-refractivity contribution is 0.812. The van der Waals surface area contributed by atoms with E-state index in [2.05, 4.69) is 5.10 Å². The molecule has 0 radical (unpaired) electrons. The highest BCUT2D eigenvalue weighted by Gasteiger charge is 2.01. The van der Waals surface area contributed by atoms with Gasteiger partial charge in [0.15, 0.2) is 0 Å². The molecule has 2 aromatic heterocycles. The summed E-state index contributed by atoms with van der Waals surface area (Å²) in [6.07, 6.45) is 3.45. The summed E-state index contributed by atoms with van der Waals surface area (Å²) in [7, 11) is 1.72. The largest absolute Gasteiger partial charge is 0.318 e. The third-order valence-corrected chi connectivity index (χ3v) is 2.16. The minimum atomic E-state index is -0.0302. The molecule has 0 aliphatic rings. The van der Waals surface area contributed by atoms with Crippen LogP contribution in [-0.2, 0) is 7.05 Å². The quantitative estimate of drug-likeness (QED) is 0.668. The number of nitrogens with zero attached hydrogens (tertiary/aromatic N) is 3. The standard InChI is InChI=1S/C10H11N3O/c1-8-3-5-11-13(8)9-4-6-12(2)10(14)7-9/h3-7H,1-2H3. The Morgan fingerprint density at radius 3 is 2.71 bits per heavy atom. The molecule has 0 unspecified atom stereocenters. The van der Waals surface area contributed by atoms with E-state index in [1.165, 1.54) is 4.57 Å². The first kappa shape index (κ1) is 8.74. The average Bonchev–Trinajstić information content (AvgIpc) is 2.57. The summed E-state index contributed by atoms with van der Waals surface area (Å²) in [5, 5.41) is 4.13. The lowest BCUT2D eigenvalue weighted by Crippen LogP contribution is -2.16. The smallest absolute Gasteiger partial charge is 0.252 e. The zero-order chi connectivity index (χ0) is 10.1. The van der Waals surface area contributed by atoms with E-state index in [0.29, 0.717) is 0 Å². The van der Waals surface area contributed by atoms with Crippen LogP contribution in [0.15, 0.2) is 35.4 Å². The number of aryl methyl sites for hydroxylation is 2. The first-order valence-corrected chi connectivity index (χ1v) is 4.36. The predicted molar refractivity (Wildman–Crippen MR) is 53.5 cm³/mol. The summed E-state index contributed by atoms with van der Waals surface area (Å²) in [5.41, 5.74) is 1.78. The van der Waals surface area contributed by atoms with Crippen LogP contribution >= 0.6 is 0 Å². The van der Waals surface area contributed by atoms with Crippen molar-refractivity contribution in [3.63, 3.8) is 0 Å². The van der Waals surface area contributed by atoms with Crippen LogP contribution in [0, 0.1) is 6.92 Å². The first-order valence-electron chi connectivity index (χ1n) is 4.36. The normalized spacial score (nSPS) is 10.4. The van der Waals surface area contributed by atoms with Crippen LogP contribution in [0.2, 0.25) is 0 Å². The van der Waals surface area contributed by atoms with Gasteiger partial charge >= 0.3 is 0 Å². The molecular formula is C10H11N3O. The van der Waals surface area contributed by atoms with Crippen molar-refractivity contribution in [1.82, 2.24) is 14.3 Å². The molecule has 0 spiro atoms. The highest BCUT2D eigenvalue weighted by Crippen LogP contribution is 2.05. The van der Waals surface area contributed by atoms with E-state index in [9.17, 15) is 4.79 Å². The van der Waals surface area contributed by atoms with Crippen LogP contribution in [0.1, 0.15) is 5.69 Å². The molecular weight excluding hydrogens is 178 g/mol. The Kier molecular flexibility index (Phi) is 1.96. The topological polar surface area (TPSA) is 39.8 Å².